The van der Waals surface area contributed by atoms with E-state index in [9.17, 15) is 14.0 Å². The molecule has 0 bridgehead atoms. The molecule has 0 saturated heterocycles. The second kappa shape index (κ2) is 9.70. The Morgan fingerprint density at radius 1 is 0.914 bits per heavy atom. The van der Waals surface area contributed by atoms with Crippen LogP contribution in [0.2, 0.25) is 18.1 Å². The molecular formula is C28H36FNO4Si. The fourth-order valence-electron chi connectivity index (χ4n) is 3.49. The molecule has 1 heterocycles. The minimum Gasteiger partial charge on any atom is -0.443 e. The normalized spacial score (nSPS) is 16.9. The minimum absolute atomic E-state index is 0.00487. The van der Waals surface area contributed by atoms with E-state index in [0.29, 0.717) is 11.1 Å². The Bertz CT molecular complexity index is 1110. The van der Waals surface area contributed by atoms with Crippen LogP contribution in [0, 0.1) is 5.82 Å². The molecule has 0 unspecified atom stereocenters. The Hall–Kier alpha value is -2.77. The molecule has 2 aromatic carbocycles. The van der Waals surface area contributed by atoms with Crippen LogP contribution in [0.4, 0.5) is 9.18 Å². The van der Waals surface area contributed by atoms with E-state index in [4.69, 9.17) is 9.16 Å². The first-order valence-electron chi connectivity index (χ1n) is 11.9. The standard InChI is InChI=1S/C28H36FNO4Si/c1-27(2,3)34-26(32)30-23(18-33-35(7,8)28(4,5)6)17-24(25(30)31)21-11-9-19(10-12-21)20-13-15-22(29)16-14-20/h9-17,23H,18H2,1-8H3/t23-/m1/s1. The summed E-state index contributed by atoms with van der Waals surface area (Å²) < 4.78 is 25.2. The van der Waals surface area contributed by atoms with Crippen molar-refractivity contribution in [3.8, 4) is 11.1 Å². The number of halogens is 1. The average Bonchev–Trinajstić information content (AvgIpc) is 3.07. The summed E-state index contributed by atoms with van der Waals surface area (Å²) in [6.45, 7) is 16.3. The number of benzene rings is 2. The zero-order valence-electron chi connectivity index (χ0n) is 21.9. The molecule has 3 rings (SSSR count). The van der Waals surface area contributed by atoms with Gasteiger partial charge >= 0.3 is 6.09 Å². The summed E-state index contributed by atoms with van der Waals surface area (Å²) >= 11 is 0. The van der Waals surface area contributed by atoms with Crippen molar-refractivity contribution in [1.82, 2.24) is 4.90 Å². The Balaban J connectivity index is 1.90. The zero-order valence-corrected chi connectivity index (χ0v) is 22.9. The topological polar surface area (TPSA) is 55.8 Å². The van der Waals surface area contributed by atoms with Crippen molar-refractivity contribution in [2.45, 2.75) is 71.3 Å². The summed E-state index contributed by atoms with van der Waals surface area (Å²) in [6.07, 6.45) is 1.12. The van der Waals surface area contributed by atoms with Gasteiger partial charge in [-0.15, -0.1) is 0 Å². The van der Waals surface area contributed by atoms with Crippen LogP contribution in [0.1, 0.15) is 47.1 Å². The lowest BCUT2D eigenvalue weighted by Crippen LogP contribution is -2.48. The maximum Gasteiger partial charge on any atom is 0.417 e. The molecule has 2 amide bonds. The second-order valence-electron chi connectivity index (χ2n) is 11.5. The Kier molecular flexibility index (Phi) is 7.44. The largest absolute Gasteiger partial charge is 0.443 e. The van der Waals surface area contributed by atoms with Crippen LogP contribution in [0.25, 0.3) is 16.7 Å². The molecular weight excluding hydrogens is 461 g/mol. The second-order valence-corrected chi connectivity index (χ2v) is 16.3. The van der Waals surface area contributed by atoms with E-state index in [2.05, 4.69) is 33.9 Å². The molecule has 0 saturated carbocycles. The predicted octanol–water partition coefficient (Wildman–Crippen LogP) is 7.04. The van der Waals surface area contributed by atoms with Gasteiger partial charge in [-0.2, -0.15) is 0 Å². The van der Waals surface area contributed by atoms with Crippen LogP contribution in [0.15, 0.2) is 54.6 Å². The van der Waals surface area contributed by atoms with Crippen molar-refractivity contribution in [3.63, 3.8) is 0 Å². The van der Waals surface area contributed by atoms with Crippen molar-refractivity contribution < 1.29 is 23.1 Å². The number of carbonyl (C=O) groups is 2. The first-order valence-corrected chi connectivity index (χ1v) is 14.8. The van der Waals surface area contributed by atoms with E-state index < -0.39 is 32.0 Å². The van der Waals surface area contributed by atoms with Crippen molar-refractivity contribution >= 4 is 25.9 Å². The van der Waals surface area contributed by atoms with Gasteiger partial charge in [0.2, 0.25) is 0 Å². The molecule has 0 spiro atoms. The number of amides is 2. The van der Waals surface area contributed by atoms with Gasteiger partial charge in [-0.1, -0.05) is 57.2 Å². The number of carbonyl (C=O) groups excluding carboxylic acids is 2. The third-order valence-electron chi connectivity index (χ3n) is 6.52. The van der Waals surface area contributed by atoms with E-state index >= 15 is 0 Å². The van der Waals surface area contributed by atoms with Crippen molar-refractivity contribution in [2.24, 2.45) is 0 Å². The summed E-state index contributed by atoms with van der Waals surface area (Å²) in [6, 6.07) is 13.1. The van der Waals surface area contributed by atoms with E-state index in [1.165, 1.54) is 17.0 Å². The molecule has 0 N–H and O–H groups in total. The fraction of sp³-hybridized carbons (Fsp3) is 0.429. The number of nitrogens with zero attached hydrogens (tertiary/aromatic N) is 1. The summed E-state index contributed by atoms with van der Waals surface area (Å²) in [4.78, 5) is 27.6. The van der Waals surface area contributed by atoms with E-state index in [1.54, 1.807) is 39.0 Å². The van der Waals surface area contributed by atoms with Gasteiger partial charge in [-0.25, -0.2) is 14.1 Å². The van der Waals surface area contributed by atoms with Crippen LogP contribution in [0.5, 0.6) is 0 Å². The average molecular weight is 498 g/mol. The molecule has 5 nitrogen and oxygen atoms in total. The van der Waals surface area contributed by atoms with Crippen LogP contribution in [0.3, 0.4) is 0 Å². The molecule has 1 atom stereocenters. The van der Waals surface area contributed by atoms with Crippen molar-refractivity contribution in [2.75, 3.05) is 6.61 Å². The van der Waals surface area contributed by atoms with Gasteiger partial charge in [0.25, 0.3) is 5.91 Å². The lowest BCUT2D eigenvalue weighted by Gasteiger charge is -2.37. The Morgan fingerprint density at radius 2 is 1.40 bits per heavy atom. The van der Waals surface area contributed by atoms with E-state index in [0.717, 1.165) is 11.1 Å². The number of hydrogen-bond donors (Lipinski definition) is 0. The summed E-state index contributed by atoms with van der Waals surface area (Å²) in [5.41, 5.74) is 2.18. The quantitative estimate of drug-likeness (QED) is 0.416. The Morgan fingerprint density at radius 3 is 1.89 bits per heavy atom. The summed E-state index contributed by atoms with van der Waals surface area (Å²) in [5, 5.41) is -0.00487. The first-order chi connectivity index (χ1) is 16.1. The van der Waals surface area contributed by atoms with Gasteiger partial charge in [0.15, 0.2) is 8.32 Å². The summed E-state index contributed by atoms with van der Waals surface area (Å²) in [5.74, 6) is -0.696. The van der Waals surface area contributed by atoms with Crippen LogP contribution in [-0.2, 0) is 14.0 Å². The highest BCUT2D eigenvalue weighted by Gasteiger charge is 2.43. The highest BCUT2D eigenvalue weighted by molar-refractivity contribution is 6.74. The maximum atomic E-state index is 13.4. The van der Waals surface area contributed by atoms with Gasteiger partial charge in [0.1, 0.15) is 11.4 Å². The molecule has 0 fully saturated rings. The number of rotatable bonds is 5. The molecule has 1 aliphatic heterocycles. The fourth-order valence-corrected chi connectivity index (χ4v) is 4.51. The van der Waals surface area contributed by atoms with Gasteiger partial charge in [-0.05, 0) is 73.8 Å². The SMILES string of the molecule is CC(C)(C)OC(=O)N1C(=O)C(c2ccc(-c3ccc(F)cc3)cc2)=C[C@@H]1CO[Si](C)(C)C(C)(C)C. The van der Waals surface area contributed by atoms with Gasteiger partial charge in [0, 0.05) is 5.57 Å². The maximum absolute atomic E-state index is 13.4. The van der Waals surface area contributed by atoms with Crippen LogP contribution >= 0.6 is 0 Å². The smallest absolute Gasteiger partial charge is 0.417 e. The molecule has 1 aliphatic rings. The monoisotopic (exact) mass is 497 g/mol. The molecule has 35 heavy (non-hydrogen) atoms. The van der Waals surface area contributed by atoms with E-state index in [1.807, 2.05) is 24.3 Å². The molecule has 0 aliphatic carbocycles. The third-order valence-corrected chi connectivity index (χ3v) is 11.0. The van der Waals surface area contributed by atoms with Gasteiger partial charge in [-0.3, -0.25) is 4.79 Å². The van der Waals surface area contributed by atoms with Crippen LogP contribution in [-0.4, -0.2) is 43.5 Å². The predicted molar refractivity (Wildman–Crippen MR) is 140 cm³/mol. The van der Waals surface area contributed by atoms with Crippen molar-refractivity contribution in [3.05, 3.63) is 66.0 Å². The molecule has 0 aromatic heterocycles. The highest BCUT2D eigenvalue weighted by atomic mass is 28.4. The van der Waals surface area contributed by atoms with Gasteiger partial charge < -0.3 is 9.16 Å². The van der Waals surface area contributed by atoms with Crippen molar-refractivity contribution in [1.29, 1.82) is 0 Å². The minimum atomic E-state index is -2.10. The molecule has 2 aromatic rings. The Labute approximate surface area is 209 Å². The molecule has 0 radical (unpaired) electrons. The highest BCUT2D eigenvalue weighted by Crippen LogP contribution is 2.38. The first kappa shape index (κ1) is 26.8. The lowest BCUT2D eigenvalue weighted by atomic mass is 10.0. The van der Waals surface area contributed by atoms with Crippen LogP contribution < -0.4 is 0 Å². The number of hydrogen-bond acceptors (Lipinski definition) is 4. The number of ether oxygens (including phenoxy) is 1. The molecule has 188 valence electrons. The van der Waals surface area contributed by atoms with Gasteiger partial charge in [0.05, 0.1) is 12.6 Å². The third kappa shape index (κ3) is 6.27. The lowest BCUT2D eigenvalue weighted by molar-refractivity contribution is -0.124. The zero-order chi connectivity index (χ0) is 26.2. The number of imide groups is 1. The van der Waals surface area contributed by atoms with E-state index in [-0.39, 0.29) is 17.5 Å². The molecule has 7 heteroatoms. The summed E-state index contributed by atoms with van der Waals surface area (Å²) in [7, 11) is -2.10.